The molecule has 1 unspecified atom stereocenters. The molecule has 1 atom stereocenters. The van der Waals surface area contributed by atoms with Crippen LogP contribution in [0.2, 0.25) is 0 Å². The van der Waals surface area contributed by atoms with E-state index in [1.54, 1.807) is 11.8 Å². The van der Waals surface area contributed by atoms with E-state index in [0.29, 0.717) is 0 Å². The van der Waals surface area contributed by atoms with Crippen LogP contribution in [0.5, 0.6) is 0 Å². The van der Waals surface area contributed by atoms with Crippen molar-refractivity contribution in [3.63, 3.8) is 0 Å². The van der Waals surface area contributed by atoms with E-state index in [4.69, 9.17) is 5.73 Å². The molecule has 0 fully saturated rings. The third-order valence-corrected chi connectivity index (χ3v) is 3.96. The molecule has 0 aliphatic heterocycles. The highest BCUT2D eigenvalue weighted by Crippen LogP contribution is 2.18. The molecule has 0 saturated heterocycles. The Labute approximate surface area is 105 Å². The lowest BCUT2D eigenvalue weighted by molar-refractivity contribution is -0.117. The number of carbonyl (C=O) groups excluding carboxylic acids is 1. The number of nitrogens with two attached hydrogens (primary N) is 1. The largest absolute Gasteiger partial charge is 0.369 e. The molecule has 0 spiro atoms. The standard InChI is InChI=1S/C13H27NOS/c1-3-5-6-7-8-9-10-11-12(13(14)15)16-4-2/h12H,3-11H2,1-2H3,(H2,14,15). The predicted octanol–water partition coefficient (Wildman–Crippen LogP) is 3.73. The molecule has 0 aromatic heterocycles. The fourth-order valence-electron chi connectivity index (χ4n) is 1.80. The summed E-state index contributed by atoms with van der Waals surface area (Å²) < 4.78 is 0. The number of thioether (sulfide) groups is 1. The summed E-state index contributed by atoms with van der Waals surface area (Å²) in [7, 11) is 0. The Morgan fingerprint density at radius 1 is 1.06 bits per heavy atom. The topological polar surface area (TPSA) is 43.1 Å². The lowest BCUT2D eigenvalue weighted by Gasteiger charge is -2.11. The van der Waals surface area contributed by atoms with E-state index >= 15 is 0 Å². The average molecular weight is 245 g/mol. The van der Waals surface area contributed by atoms with Gasteiger partial charge in [-0.05, 0) is 12.2 Å². The van der Waals surface area contributed by atoms with Crippen LogP contribution < -0.4 is 5.73 Å². The van der Waals surface area contributed by atoms with Crippen LogP contribution >= 0.6 is 11.8 Å². The van der Waals surface area contributed by atoms with Gasteiger partial charge in [0, 0.05) is 0 Å². The maximum atomic E-state index is 11.1. The number of carbonyl (C=O) groups is 1. The molecule has 2 N–H and O–H groups in total. The van der Waals surface area contributed by atoms with E-state index < -0.39 is 0 Å². The fourth-order valence-corrected chi connectivity index (χ4v) is 2.70. The number of primary amides is 1. The van der Waals surface area contributed by atoms with E-state index in [2.05, 4.69) is 13.8 Å². The van der Waals surface area contributed by atoms with Crippen LogP contribution in [0.15, 0.2) is 0 Å². The average Bonchev–Trinajstić information content (AvgIpc) is 2.26. The van der Waals surface area contributed by atoms with Gasteiger partial charge in [0.2, 0.25) is 5.91 Å². The fraction of sp³-hybridized carbons (Fsp3) is 0.923. The summed E-state index contributed by atoms with van der Waals surface area (Å²) in [5, 5.41) is 0.0423. The molecule has 2 nitrogen and oxygen atoms in total. The molecule has 3 heteroatoms. The van der Waals surface area contributed by atoms with E-state index in [-0.39, 0.29) is 11.2 Å². The summed E-state index contributed by atoms with van der Waals surface area (Å²) in [6, 6.07) is 0. The number of unbranched alkanes of at least 4 members (excludes halogenated alkanes) is 6. The van der Waals surface area contributed by atoms with Gasteiger partial charge in [-0.1, -0.05) is 58.8 Å². The maximum absolute atomic E-state index is 11.1. The van der Waals surface area contributed by atoms with Gasteiger partial charge in [-0.15, -0.1) is 11.8 Å². The van der Waals surface area contributed by atoms with E-state index in [1.165, 1.54) is 38.5 Å². The normalized spacial score (nSPS) is 12.6. The first-order valence-corrected chi connectivity index (χ1v) is 7.68. The van der Waals surface area contributed by atoms with Crippen LogP contribution in [0, 0.1) is 0 Å². The van der Waals surface area contributed by atoms with Crippen LogP contribution in [0.1, 0.15) is 65.2 Å². The molecule has 0 bridgehead atoms. The van der Waals surface area contributed by atoms with Crippen LogP contribution in [-0.2, 0) is 4.79 Å². The van der Waals surface area contributed by atoms with Gasteiger partial charge < -0.3 is 5.73 Å². The van der Waals surface area contributed by atoms with Crippen molar-refractivity contribution in [2.45, 2.75) is 70.5 Å². The Morgan fingerprint density at radius 3 is 2.12 bits per heavy atom. The molecule has 96 valence electrons. The molecule has 1 amide bonds. The van der Waals surface area contributed by atoms with Crippen LogP contribution in [0.4, 0.5) is 0 Å². The highest BCUT2D eigenvalue weighted by atomic mass is 32.2. The second-order valence-corrected chi connectivity index (χ2v) is 5.74. The van der Waals surface area contributed by atoms with Crippen molar-refractivity contribution in [1.82, 2.24) is 0 Å². The van der Waals surface area contributed by atoms with Crippen LogP contribution in [0.25, 0.3) is 0 Å². The zero-order valence-electron chi connectivity index (χ0n) is 10.8. The summed E-state index contributed by atoms with van der Waals surface area (Å²) in [5.74, 6) is 0.835. The maximum Gasteiger partial charge on any atom is 0.230 e. The molecule has 0 aromatic carbocycles. The third-order valence-electron chi connectivity index (χ3n) is 2.76. The van der Waals surface area contributed by atoms with Crippen LogP contribution in [0.3, 0.4) is 0 Å². The minimum absolute atomic E-state index is 0.0423. The highest BCUT2D eigenvalue weighted by Gasteiger charge is 2.13. The first-order valence-electron chi connectivity index (χ1n) is 6.63. The first kappa shape index (κ1) is 15.8. The molecular weight excluding hydrogens is 218 g/mol. The minimum atomic E-state index is -0.141. The second-order valence-electron chi connectivity index (χ2n) is 4.26. The Kier molecular flexibility index (Phi) is 11.2. The van der Waals surface area contributed by atoms with E-state index in [9.17, 15) is 4.79 Å². The molecule has 0 aliphatic rings. The van der Waals surface area contributed by atoms with Crippen molar-refractivity contribution in [3.8, 4) is 0 Å². The van der Waals surface area contributed by atoms with Gasteiger partial charge in [0.25, 0.3) is 0 Å². The summed E-state index contributed by atoms with van der Waals surface area (Å²) in [6.45, 7) is 4.31. The molecule has 0 radical (unpaired) electrons. The Morgan fingerprint density at radius 2 is 1.62 bits per heavy atom. The molecule has 16 heavy (non-hydrogen) atoms. The zero-order valence-corrected chi connectivity index (χ0v) is 11.7. The Hall–Kier alpha value is -0.180. The predicted molar refractivity (Wildman–Crippen MR) is 73.7 cm³/mol. The molecular formula is C13H27NOS. The van der Waals surface area contributed by atoms with Crippen molar-refractivity contribution >= 4 is 17.7 Å². The SMILES string of the molecule is CCCCCCCCCC(SCC)C(N)=O. The minimum Gasteiger partial charge on any atom is -0.369 e. The molecule has 0 aromatic rings. The second kappa shape index (κ2) is 11.3. The number of hydrogen-bond donors (Lipinski definition) is 1. The molecule has 0 aliphatic carbocycles. The monoisotopic (exact) mass is 245 g/mol. The van der Waals surface area contributed by atoms with E-state index in [0.717, 1.165) is 18.6 Å². The Bertz CT molecular complexity index is 173. The molecule has 0 rings (SSSR count). The van der Waals surface area contributed by atoms with Gasteiger partial charge in [-0.3, -0.25) is 4.79 Å². The van der Waals surface area contributed by atoms with Crippen molar-refractivity contribution in [2.75, 3.05) is 5.75 Å². The Balaban J connectivity index is 3.37. The quantitative estimate of drug-likeness (QED) is 0.564. The van der Waals surface area contributed by atoms with Gasteiger partial charge in [0.05, 0.1) is 5.25 Å². The van der Waals surface area contributed by atoms with Gasteiger partial charge in [0.1, 0.15) is 0 Å². The summed E-state index contributed by atoms with van der Waals surface area (Å²) in [6.07, 6.45) is 10.0. The summed E-state index contributed by atoms with van der Waals surface area (Å²) in [5.41, 5.74) is 5.34. The van der Waals surface area contributed by atoms with E-state index in [1.807, 2.05) is 0 Å². The van der Waals surface area contributed by atoms with Gasteiger partial charge >= 0.3 is 0 Å². The summed E-state index contributed by atoms with van der Waals surface area (Å²) in [4.78, 5) is 11.1. The van der Waals surface area contributed by atoms with Gasteiger partial charge in [-0.25, -0.2) is 0 Å². The van der Waals surface area contributed by atoms with Gasteiger partial charge in [-0.2, -0.15) is 0 Å². The van der Waals surface area contributed by atoms with Crippen molar-refractivity contribution in [3.05, 3.63) is 0 Å². The van der Waals surface area contributed by atoms with Crippen molar-refractivity contribution in [2.24, 2.45) is 5.73 Å². The molecule has 0 heterocycles. The number of rotatable bonds is 11. The van der Waals surface area contributed by atoms with Crippen LogP contribution in [-0.4, -0.2) is 16.9 Å². The third kappa shape index (κ3) is 9.08. The number of amides is 1. The lowest BCUT2D eigenvalue weighted by Crippen LogP contribution is -2.25. The van der Waals surface area contributed by atoms with Gasteiger partial charge in [0.15, 0.2) is 0 Å². The first-order chi connectivity index (χ1) is 7.72. The highest BCUT2D eigenvalue weighted by molar-refractivity contribution is 8.00. The lowest BCUT2D eigenvalue weighted by atomic mass is 10.1. The molecule has 0 saturated carbocycles. The number of hydrogen-bond acceptors (Lipinski definition) is 2. The van der Waals surface area contributed by atoms with Crippen molar-refractivity contribution < 1.29 is 4.79 Å². The summed E-state index contributed by atoms with van der Waals surface area (Å²) >= 11 is 1.68. The smallest absolute Gasteiger partial charge is 0.230 e. The zero-order chi connectivity index (χ0) is 12.2. The van der Waals surface area contributed by atoms with Crippen molar-refractivity contribution in [1.29, 1.82) is 0 Å².